The Labute approximate surface area is 131 Å². The summed E-state index contributed by atoms with van der Waals surface area (Å²) < 4.78 is 37.9. The molecular weight excluding hydrogens is 307 g/mol. The Morgan fingerprint density at radius 3 is 1.91 bits per heavy atom. The number of nitrogens with one attached hydrogen (secondary N) is 1. The lowest BCUT2D eigenvalue weighted by atomic mass is 9.96. The van der Waals surface area contributed by atoms with E-state index < -0.39 is 11.7 Å². The maximum Gasteiger partial charge on any atom is 0.416 e. The average molecular weight is 321 g/mol. The van der Waals surface area contributed by atoms with E-state index in [0.29, 0.717) is 16.7 Å². The average Bonchev–Trinajstić information content (AvgIpc) is 2.52. The lowest BCUT2D eigenvalue weighted by Gasteiger charge is -2.11. The predicted octanol–water partition coefficient (Wildman–Crippen LogP) is 3.59. The minimum absolute atomic E-state index is 0.0560. The molecule has 0 radical (unpaired) electrons. The number of hydrogen-bond donors (Lipinski definition) is 2. The van der Waals surface area contributed by atoms with E-state index in [4.69, 9.17) is 0 Å². The monoisotopic (exact) mass is 321 g/mol. The van der Waals surface area contributed by atoms with Crippen molar-refractivity contribution in [2.24, 2.45) is 0 Å². The number of carbonyl (C=O) groups excluding carboxylic acids is 1. The molecule has 0 unspecified atom stereocenters. The van der Waals surface area contributed by atoms with E-state index in [2.05, 4.69) is 5.32 Å². The first kappa shape index (κ1) is 16.6. The molecule has 3 nitrogen and oxygen atoms in total. The van der Waals surface area contributed by atoms with E-state index >= 15 is 0 Å². The van der Waals surface area contributed by atoms with Gasteiger partial charge in [0.25, 0.3) is 0 Å². The maximum atomic E-state index is 12.6. The minimum atomic E-state index is -4.41. The number of amides is 1. The minimum Gasteiger partial charge on any atom is -0.508 e. The van der Waals surface area contributed by atoms with Crippen molar-refractivity contribution in [1.82, 2.24) is 5.32 Å². The molecule has 0 atom stereocenters. The summed E-state index contributed by atoms with van der Waals surface area (Å²) in [5.74, 6) is -0.326. The molecule has 0 aliphatic rings. The fourth-order valence-electron chi connectivity index (χ4n) is 2.02. The Bertz CT molecular complexity index is 717. The summed E-state index contributed by atoms with van der Waals surface area (Å²) in [5, 5.41) is 11.8. The van der Waals surface area contributed by atoms with Crippen LogP contribution in [-0.2, 0) is 11.0 Å². The van der Waals surface area contributed by atoms with Crippen LogP contribution in [0.2, 0.25) is 0 Å². The molecule has 0 aliphatic heterocycles. The summed E-state index contributed by atoms with van der Waals surface area (Å²) in [4.78, 5) is 11.6. The fourth-order valence-corrected chi connectivity index (χ4v) is 2.02. The van der Waals surface area contributed by atoms with Crippen LogP contribution in [0.15, 0.2) is 54.6 Å². The standard InChI is InChI=1S/C17H14F3NO2/c1-21-16(23)10-15(12-4-8-14(22)9-5-12)11-2-6-13(7-3-11)17(18,19)20/h2-10,22H,1H3,(H,21,23)/b15-10+. The van der Waals surface area contributed by atoms with Crippen LogP contribution in [0.4, 0.5) is 13.2 Å². The van der Waals surface area contributed by atoms with Crippen LogP contribution in [0.3, 0.4) is 0 Å². The van der Waals surface area contributed by atoms with Crippen LogP contribution in [0.1, 0.15) is 16.7 Å². The zero-order chi connectivity index (χ0) is 17.0. The lowest BCUT2D eigenvalue weighted by molar-refractivity contribution is -0.137. The maximum absolute atomic E-state index is 12.6. The van der Waals surface area contributed by atoms with Gasteiger partial charge in [0, 0.05) is 13.1 Å². The largest absolute Gasteiger partial charge is 0.508 e. The molecule has 2 aromatic rings. The van der Waals surface area contributed by atoms with Gasteiger partial charge in [0.15, 0.2) is 0 Å². The van der Waals surface area contributed by atoms with Gasteiger partial charge >= 0.3 is 6.18 Å². The number of hydrogen-bond acceptors (Lipinski definition) is 2. The first-order valence-corrected chi connectivity index (χ1v) is 6.71. The SMILES string of the molecule is CNC(=O)/C=C(/c1ccc(O)cc1)c1ccc(C(F)(F)F)cc1. The Morgan fingerprint density at radius 2 is 1.48 bits per heavy atom. The van der Waals surface area contributed by atoms with E-state index in [1.165, 1.54) is 37.4 Å². The summed E-state index contributed by atoms with van der Waals surface area (Å²) in [6.07, 6.45) is -3.11. The molecule has 2 N–H and O–H groups in total. The van der Waals surface area contributed by atoms with E-state index in [1.807, 2.05) is 0 Å². The van der Waals surface area contributed by atoms with Crippen molar-refractivity contribution in [2.75, 3.05) is 7.05 Å². The van der Waals surface area contributed by atoms with E-state index in [9.17, 15) is 23.1 Å². The first-order valence-electron chi connectivity index (χ1n) is 6.71. The van der Waals surface area contributed by atoms with Crippen molar-refractivity contribution in [3.63, 3.8) is 0 Å². The van der Waals surface area contributed by atoms with Gasteiger partial charge in [0.05, 0.1) is 5.56 Å². The van der Waals surface area contributed by atoms with Gasteiger partial charge < -0.3 is 10.4 Å². The van der Waals surface area contributed by atoms with Gasteiger partial charge in [-0.25, -0.2) is 0 Å². The highest BCUT2D eigenvalue weighted by Gasteiger charge is 2.30. The number of phenols is 1. The molecule has 0 spiro atoms. The smallest absolute Gasteiger partial charge is 0.416 e. The molecule has 1 amide bonds. The molecule has 6 heteroatoms. The van der Waals surface area contributed by atoms with Crippen LogP contribution in [0.5, 0.6) is 5.75 Å². The van der Waals surface area contributed by atoms with Crippen LogP contribution < -0.4 is 5.32 Å². The van der Waals surface area contributed by atoms with E-state index in [0.717, 1.165) is 12.1 Å². The summed E-state index contributed by atoms with van der Waals surface area (Å²) in [5.41, 5.74) is 0.766. The molecule has 2 rings (SSSR count). The summed E-state index contributed by atoms with van der Waals surface area (Å²) in [6.45, 7) is 0. The number of rotatable bonds is 3. The van der Waals surface area contributed by atoms with Crippen LogP contribution >= 0.6 is 0 Å². The van der Waals surface area contributed by atoms with Crippen molar-refractivity contribution >= 4 is 11.5 Å². The topological polar surface area (TPSA) is 49.3 Å². The quantitative estimate of drug-likeness (QED) is 0.849. The predicted molar refractivity (Wildman–Crippen MR) is 80.7 cm³/mol. The summed E-state index contributed by atoms with van der Waals surface area (Å²) >= 11 is 0. The van der Waals surface area contributed by atoms with Crippen LogP contribution in [0, 0.1) is 0 Å². The lowest BCUT2D eigenvalue weighted by Crippen LogP contribution is -2.15. The number of benzene rings is 2. The zero-order valence-corrected chi connectivity index (χ0v) is 12.2. The molecule has 23 heavy (non-hydrogen) atoms. The van der Waals surface area contributed by atoms with E-state index in [1.54, 1.807) is 12.1 Å². The zero-order valence-electron chi connectivity index (χ0n) is 12.2. The molecule has 0 heterocycles. The highest BCUT2D eigenvalue weighted by molar-refractivity contribution is 5.99. The van der Waals surface area contributed by atoms with Crippen LogP contribution in [0.25, 0.3) is 5.57 Å². The van der Waals surface area contributed by atoms with Gasteiger partial charge in [0.1, 0.15) is 5.75 Å². The molecule has 0 bridgehead atoms. The Balaban J connectivity index is 2.48. The molecule has 0 saturated carbocycles. The van der Waals surface area contributed by atoms with Gasteiger partial charge in [-0.2, -0.15) is 13.2 Å². The molecule has 0 fully saturated rings. The number of alkyl halides is 3. The van der Waals surface area contributed by atoms with Crippen molar-refractivity contribution in [2.45, 2.75) is 6.18 Å². The second-order valence-corrected chi connectivity index (χ2v) is 4.79. The van der Waals surface area contributed by atoms with Crippen molar-refractivity contribution in [3.05, 3.63) is 71.3 Å². The van der Waals surface area contributed by atoms with Gasteiger partial charge in [-0.05, 0) is 41.0 Å². The second-order valence-electron chi connectivity index (χ2n) is 4.79. The fraction of sp³-hybridized carbons (Fsp3) is 0.118. The Morgan fingerprint density at radius 1 is 1.00 bits per heavy atom. The third kappa shape index (κ3) is 4.12. The first-order chi connectivity index (χ1) is 10.8. The Hall–Kier alpha value is -2.76. The van der Waals surface area contributed by atoms with Gasteiger partial charge in [-0.1, -0.05) is 24.3 Å². The normalized spacial score (nSPS) is 12.1. The molecule has 0 saturated heterocycles. The molecule has 2 aromatic carbocycles. The second kappa shape index (κ2) is 6.56. The highest BCUT2D eigenvalue weighted by Crippen LogP contribution is 2.31. The third-order valence-electron chi connectivity index (χ3n) is 3.22. The third-order valence-corrected chi connectivity index (χ3v) is 3.22. The van der Waals surface area contributed by atoms with E-state index in [-0.39, 0.29) is 11.7 Å². The van der Waals surface area contributed by atoms with Crippen molar-refractivity contribution < 1.29 is 23.1 Å². The number of halogens is 3. The van der Waals surface area contributed by atoms with Gasteiger partial charge in [0.2, 0.25) is 5.91 Å². The highest BCUT2D eigenvalue weighted by atomic mass is 19.4. The van der Waals surface area contributed by atoms with Gasteiger partial charge in [-0.3, -0.25) is 4.79 Å². The molecular formula is C17H14F3NO2. The van der Waals surface area contributed by atoms with Gasteiger partial charge in [-0.15, -0.1) is 0 Å². The number of phenolic OH excluding ortho intramolecular Hbond substituents is 1. The summed E-state index contributed by atoms with van der Waals surface area (Å²) in [6, 6.07) is 10.6. The molecule has 0 aromatic heterocycles. The van der Waals surface area contributed by atoms with Crippen molar-refractivity contribution in [1.29, 1.82) is 0 Å². The number of aromatic hydroxyl groups is 1. The number of likely N-dealkylation sites (N-methyl/N-ethyl adjacent to an activating group) is 1. The van der Waals surface area contributed by atoms with Crippen LogP contribution in [-0.4, -0.2) is 18.1 Å². The number of carbonyl (C=O) groups is 1. The molecule has 0 aliphatic carbocycles. The molecule has 120 valence electrons. The Kier molecular flexibility index (Phi) is 4.74. The summed E-state index contributed by atoms with van der Waals surface area (Å²) in [7, 11) is 1.46. The van der Waals surface area contributed by atoms with Crippen molar-refractivity contribution in [3.8, 4) is 5.75 Å².